The van der Waals surface area contributed by atoms with Crippen LogP contribution in [0.3, 0.4) is 0 Å². The molecule has 0 atom stereocenters. The number of thiophene rings is 1. The highest BCUT2D eigenvalue weighted by Gasteiger charge is 2.31. The molecule has 0 spiro atoms. The van der Waals surface area contributed by atoms with Crippen LogP contribution in [0.15, 0.2) is 35.2 Å². The van der Waals surface area contributed by atoms with Crippen LogP contribution in [0.25, 0.3) is 0 Å². The highest BCUT2D eigenvalue weighted by atomic mass is 32.2. The van der Waals surface area contributed by atoms with Crippen LogP contribution in [0.2, 0.25) is 0 Å². The fourth-order valence-corrected chi connectivity index (χ4v) is 7.02. The summed E-state index contributed by atoms with van der Waals surface area (Å²) in [6, 6.07) is 7.56. The van der Waals surface area contributed by atoms with Crippen LogP contribution in [-0.4, -0.2) is 65.3 Å². The van der Waals surface area contributed by atoms with E-state index in [0.717, 1.165) is 23.3 Å². The summed E-state index contributed by atoms with van der Waals surface area (Å²) in [7, 11) is -2.12. The van der Waals surface area contributed by atoms with Gasteiger partial charge in [0, 0.05) is 43.2 Å². The van der Waals surface area contributed by atoms with Crippen LogP contribution in [0, 0.1) is 13.8 Å². The monoisotopic (exact) mass is 571 g/mol. The van der Waals surface area contributed by atoms with Crippen molar-refractivity contribution in [1.82, 2.24) is 19.0 Å². The van der Waals surface area contributed by atoms with E-state index < -0.39 is 15.9 Å². The number of aromatic nitrogens is 2. The van der Waals surface area contributed by atoms with E-state index in [1.807, 2.05) is 13.0 Å². The van der Waals surface area contributed by atoms with E-state index in [9.17, 15) is 22.8 Å². The Kier molecular flexibility index (Phi) is 8.38. The van der Waals surface area contributed by atoms with Gasteiger partial charge in [0.1, 0.15) is 5.00 Å². The average molecular weight is 572 g/mol. The lowest BCUT2D eigenvalue weighted by Gasteiger charge is -2.26. The zero-order chi connectivity index (χ0) is 28.5. The second kappa shape index (κ2) is 11.4. The number of rotatable bonds is 8. The van der Waals surface area contributed by atoms with Crippen LogP contribution in [0.1, 0.15) is 69.2 Å². The molecule has 3 aromatic rings. The smallest absolute Gasteiger partial charge is 0.281 e. The van der Waals surface area contributed by atoms with E-state index >= 15 is 0 Å². The van der Waals surface area contributed by atoms with E-state index in [1.165, 1.54) is 51.5 Å². The molecule has 0 saturated carbocycles. The second-order valence-corrected chi connectivity index (χ2v) is 12.9. The number of anilines is 1. The molecular weight excluding hydrogens is 538 g/mol. The topological polar surface area (TPSA) is 122 Å². The Morgan fingerprint density at radius 2 is 1.85 bits per heavy atom. The summed E-state index contributed by atoms with van der Waals surface area (Å²) in [5.41, 5.74) is 2.81. The van der Waals surface area contributed by atoms with Gasteiger partial charge < -0.3 is 10.2 Å². The Labute approximate surface area is 232 Å². The molecule has 1 aromatic carbocycles. The Morgan fingerprint density at radius 3 is 2.44 bits per heavy atom. The van der Waals surface area contributed by atoms with E-state index in [0.29, 0.717) is 48.0 Å². The van der Waals surface area contributed by atoms with Gasteiger partial charge in [-0.1, -0.05) is 13.3 Å². The number of amides is 2. The molecule has 0 saturated heterocycles. The minimum absolute atomic E-state index is 0.0542. The lowest BCUT2D eigenvalue weighted by molar-refractivity contribution is -0.129. The number of carbonyl (C=O) groups excluding carboxylic acids is 3. The Morgan fingerprint density at radius 1 is 1.15 bits per heavy atom. The fourth-order valence-electron chi connectivity index (χ4n) is 4.56. The Hall–Kier alpha value is -3.35. The summed E-state index contributed by atoms with van der Waals surface area (Å²) in [4.78, 5) is 41.6. The first kappa shape index (κ1) is 28.7. The molecule has 0 fully saturated rings. The molecule has 10 nitrogen and oxygen atoms in total. The summed E-state index contributed by atoms with van der Waals surface area (Å²) >= 11 is 1.27. The minimum Gasteiger partial charge on any atom is -0.337 e. The molecule has 12 heteroatoms. The predicted molar refractivity (Wildman–Crippen MR) is 150 cm³/mol. The number of fused-ring (bicyclic) bond motifs is 1. The van der Waals surface area contributed by atoms with Crippen LogP contribution >= 0.6 is 11.3 Å². The first-order chi connectivity index (χ1) is 18.4. The molecule has 208 valence electrons. The summed E-state index contributed by atoms with van der Waals surface area (Å²) in [5.74, 6) is -0.870. The van der Waals surface area contributed by atoms with Gasteiger partial charge in [-0.3, -0.25) is 14.4 Å². The summed E-state index contributed by atoms with van der Waals surface area (Å²) < 4.78 is 28.3. The van der Waals surface area contributed by atoms with Gasteiger partial charge in [0.15, 0.2) is 0 Å². The molecule has 0 unspecified atom stereocenters. The van der Waals surface area contributed by atoms with Crippen molar-refractivity contribution >= 4 is 44.1 Å². The van der Waals surface area contributed by atoms with Crippen molar-refractivity contribution in [3.63, 3.8) is 0 Å². The number of hydrogen-bond acceptors (Lipinski definition) is 7. The van der Waals surface area contributed by atoms with Crippen molar-refractivity contribution in [1.29, 1.82) is 0 Å². The van der Waals surface area contributed by atoms with Crippen molar-refractivity contribution < 1.29 is 22.8 Å². The molecule has 0 bridgehead atoms. The predicted octanol–water partition coefficient (Wildman–Crippen LogP) is 3.83. The number of aryl methyl sites for hydroxylation is 2. The summed E-state index contributed by atoms with van der Waals surface area (Å²) in [6.45, 7) is 8.35. The van der Waals surface area contributed by atoms with E-state index in [1.54, 1.807) is 25.8 Å². The molecule has 4 rings (SSSR count). The van der Waals surface area contributed by atoms with Crippen molar-refractivity contribution in [3.05, 3.63) is 63.3 Å². The number of unbranched alkanes of at least 4 members (excludes halogenated alkanes) is 1. The van der Waals surface area contributed by atoms with Crippen molar-refractivity contribution in [3.8, 4) is 0 Å². The molecule has 1 aliphatic heterocycles. The number of nitrogens with one attached hydrogen (secondary N) is 1. The number of carbonyl (C=O) groups is 3. The molecule has 39 heavy (non-hydrogen) atoms. The third kappa shape index (κ3) is 5.82. The second-order valence-electron chi connectivity index (χ2n) is 9.70. The number of sulfonamides is 1. The van der Waals surface area contributed by atoms with E-state index in [2.05, 4.69) is 10.4 Å². The average Bonchev–Trinajstić information content (AvgIpc) is 3.44. The molecule has 3 heterocycles. The van der Waals surface area contributed by atoms with Crippen LogP contribution in [0.4, 0.5) is 5.00 Å². The summed E-state index contributed by atoms with van der Waals surface area (Å²) in [5, 5.41) is 7.58. The van der Waals surface area contributed by atoms with Gasteiger partial charge in [-0.05, 0) is 62.6 Å². The third-order valence-electron chi connectivity index (χ3n) is 6.80. The Bertz CT molecular complexity index is 1520. The maximum absolute atomic E-state index is 13.7. The zero-order valence-electron chi connectivity index (χ0n) is 22.8. The number of benzene rings is 1. The zero-order valence-corrected chi connectivity index (χ0v) is 24.4. The SMILES string of the molecule is CCCCN(C)S(=O)(=O)c1ccc(C(=O)Nc2sc3c(c2C(=O)n2nc(C)cc2C)CCN(C(C)=O)C3)cc1. The maximum atomic E-state index is 13.7. The van der Waals surface area contributed by atoms with Crippen molar-refractivity contribution in [2.24, 2.45) is 0 Å². The normalized spacial score (nSPS) is 13.4. The summed E-state index contributed by atoms with van der Waals surface area (Å²) in [6.07, 6.45) is 2.12. The van der Waals surface area contributed by atoms with E-state index in [4.69, 9.17) is 0 Å². The number of nitrogens with zero attached hydrogens (tertiary/aromatic N) is 4. The van der Waals surface area contributed by atoms with Crippen LogP contribution in [0.5, 0.6) is 0 Å². The lowest BCUT2D eigenvalue weighted by atomic mass is 10.0. The van der Waals surface area contributed by atoms with E-state index in [-0.39, 0.29) is 22.3 Å². The van der Waals surface area contributed by atoms with Gasteiger partial charge in [0.05, 0.1) is 22.7 Å². The molecule has 1 aliphatic rings. The van der Waals surface area contributed by atoms with Gasteiger partial charge in [0.2, 0.25) is 15.9 Å². The van der Waals surface area contributed by atoms with Gasteiger partial charge >= 0.3 is 0 Å². The molecular formula is C27H33N5O5S2. The molecule has 2 amide bonds. The molecule has 0 radical (unpaired) electrons. The first-order valence-corrected chi connectivity index (χ1v) is 15.1. The van der Waals surface area contributed by atoms with Crippen molar-refractivity contribution in [2.75, 3.05) is 25.5 Å². The highest BCUT2D eigenvalue weighted by Crippen LogP contribution is 2.38. The van der Waals surface area contributed by atoms with Gasteiger partial charge in [-0.25, -0.2) is 17.4 Å². The Balaban J connectivity index is 1.64. The quantitative estimate of drug-likeness (QED) is 0.439. The highest BCUT2D eigenvalue weighted by molar-refractivity contribution is 7.89. The maximum Gasteiger partial charge on any atom is 0.281 e. The third-order valence-corrected chi connectivity index (χ3v) is 9.80. The first-order valence-electron chi connectivity index (χ1n) is 12.8. The van der Waals surface area contributed by atoms with Gasteiger partial charge in [-0.2, -0.15) is 5.10 Å². The molecule has 2 aromatic heterocycles. The largest absolute Gasteiger partial charge is 0.337 e. The van der Waals surface area contributed by atoms with Crippen LogP contribution in [-0.2, 0) is 27.8 Å². The van der Waals surface area contributed by atoms with Gasteiger partial charge in [-0.15, -0.1) is 11.3 Å². The number of hydrogen-bond donors (Lipinski definition) is 1. The lowest BCUT2D eigenvalue weighted by Crippen LogP contribution is -2.34. The fraction of sp³-hybridized carbons (Fsp3) is 0.407. The molecule has 1 N–H and O–H groups in total. The standard InChI is InChI=1S/C27H33N5O5S2/c1-6-7-13-30(5)39(36,37)21-10-8-20(9-11-21)25(34)28-26-24(27(35)32-18(3)15-17(2)29-32)22-12-14-31(19(4)33)16-23(22)38-26/h8-11,15H,6-7,12-14,16H2,1-5H3,(H,28,34). The van der Waals surface area contributed by atoms with Gasteiger partial charge in [0.25, 0.3) is 11.8 Å². The molecule has 0 aliphatic carbocycles. The minimum atomic E-state index is -3.66. The van der Waals surface area contributed by atoms with Crippen molar-refractivity contribution in [2.45, 2.75) is 58.4 Å². The van der Waals surface area contributed by atoms with Crippen LogP contribution < -0.4 is 5.32 Å².